The molecule has 0 aromatic heterocycles. The van der Waals surface area contributed by atoms with Crippen LogP contribution in [0.25, 0.3) is 11.1 Å². The van der Waals surface area contributed by atoms with E-state index < -0.39 is 15.8 Å². The molecule has 7 heteroatoms. The molecule has 0 amide bonds. The maximum atomic E-state index is 12.3. The van der Waals surface area contributed by atoms with Crippen molar-refractivity contribution in [2.75, 3.05) is 19.0 Å². The second kappa shape index (κ2) is 7.78. The Morgan fingerprint density at radius 3 is 2.50 bits per heavy atom. The standard InChI is InChI=1S/C19H20O6S/c20-18(21)6-2-13-26(22,23)15-9-7-14(8-10-15)16-4-1-5-17-19(16)25-12-3-11-24-17/h1,4-5,7-10H,2-3,6,11-13H2,(H,20,21). The molecule has 1 aliphatic rings. The predicted octanol–water partition coefficient (Wildman–Crippen LogP) is 3.15. The number of hydrogen-bond acceptors (Lipinski definition) is 5. The van der Waals surface area contributed by atoms with E-state index in [9.17, 15) is 13.2 Å². The quantitative estimate of drug-likeness (QED) is 0.833. The lowest BCUT2D eigenvalue weighted by molar-refractivity contribution is -0.137. The predicted molar refractivity (Wildman–Crippen MR) is 96.4 cm³/mol. The normalized spacial score (nSPS) is 13.8. The molecule has 1 N–H and O–H groups in total. The van der Waals surface area contributed by atoms with E-state index in [-0.39, 0.29) is 23.5 Å². The van der Waals surface area contributed by atoms with Gasteiger partial charge in [-0.2, -0.15) is 0 Å². The first-order valence-corrected chi connectivity index (χ1v) is 10.1. The highest BCUT2D eigenvalue weighted by atomic mass is 32.2. The molecule has 0 unspecified atom stereocenters. The van der Waals surface area contributed by atoms with Gasteiger partial charge in [0.05, 0.1) is 23.9 Å². The molecular weight excluding hydrogens is 356 g/mol. The molecule has 0 bridgehead atoms. The van der Waals surface area contributed by atoms with Crippen LogP contribution in [0, 0.1) is 0 Å². The van der Waals surface area contributed by atoms with E-state index in [4.69, 9.17) is 14.6 Å². The summed E-state index contributed by atoms with van der Waals surface area (Å²) in [6.45, 7) is 1.17. The van der Waals surface area contributed by atoms with Crippen LogP contribution in [0.1, 0.15) is 19.3 Å². The van der Waals surface area contributed by atoms with Crippen LogP contribution in [0.3, 0.4) is 0 Å². The highest BCUT2D eigenvalue weighted by Crippen LogP contribution is 2.39. The molecule has 0 saturated heterocycles. The second-order valence-corrected chi connectivity index (χ2v) is 8.13. The van der Waals surface area contributed by atoms with Gasteiger partial charge in [-0.05, 0) is 30.2 Å². The molecule has 0 aliphatic carbocycles. The lowest BCUT2D eigenvalue weighted by Crippen LogP contribution is -2.08. The van der Waals surface area contributed by atoms with Gasteiger partial charge in [0.1, 0.15) is 0 Å². The van der Waals surface area contributed by atoms with Crippen LogP contribution < -0.4 is 9.47 Å². The minimum Gasteiger partial charge on any atom is -0.490 e. The molecule has 0 atom stereocenters. The third-order valence-corrected chi connectivity index (χ3v) is 5.92. The smallest absolute Gasteiger partial charge is 0.303 e. The fraction of sp³-hybridized carbons (Fsp3) is 0.316. The van der Waals surface area contributed by atoms with Crippen LogP contribution in [0.4, 0.5) is 0 Å². The second-order valence-electron chi connectivity index (χ2n) is 6.02. The number of para-hydroxylation sites is 1. The SMILES string of the molecule is O=C(O)CCCS(=O)(=O)c1ccc(-c2cccc3c2OCCCO3)cc1. The molecule has 0 spiro atoms. The zero-order chi connectivity index (χ0) is 18.6. The van der Waals surface area contributed by atoms with E-state index in [0.29, 0.717) is 24.7 Å². The summed E-state index contributed by atoms with van der Waals surface area (Å²) in [6, 6.07) is 12.2. The molecule has 6 nitrogen and oxygen atoms in total. The van der Waals surface area contributed by atoms with Crippen molar-refractivity contribution in [3.8, 4) is 22.6 Å². The third kappa shape index (κ3) is 4.16. The Bertz CT molecular complexity index is 887. The summed E-state index contributed by atoms with van der Waals surface area (Å²) in [5.74, 6) is 0.172. The summed E-state index contributed by atoms with van der Waals surface area (Å²) in [6.07, 6.45) is 0.739. The van der Waals surface area contributed by atoms with Gasteiger partial charge >= 0.3 is 5.97 Å². The molecule has 1 aliphatic heterocycles. The number of hydrogen-bond donors (Lipinski definition) is 1. The van der Waals surface area contributed by atoms with Crippen molar-refractivity contribution in [1.82, 2.24) is 0 Å². The molecule has 0 radical (unpaired) electrons. The monoisotopic (exact) mass is 376 g/mol. The number of carbonyl (C=O) groups is 1. The van der Waals surface area contributed by atoms with E-state index >= 15 is 0 Å². The molecule has 26 heavy (non-hydrogen) atoms. The van der Waals surface area contributed by atoms with Crippen molar-refractivity contribution in [2.45, 2.75) is 24.2 Å². The van der Waals surface area contributed by atoms with E-state index in [1.807, 2.05) is 18.2 Å². The van der Waals surface area contributed by atoms with Crippen molar-refractivity contribution in [3.63, 3.8) is 0 Å². The summed E-state index contributed by atoms with van der Waals surface area (Å²) >= 11 is 0. The van der Waals surface area contributed by atoms with Gasteiger partial charge in [-0.15, -0.1) is 0 Å². The Labute approximate surface area is 152 Å². The largest absolute Gasteiger partial charge is 0.490 e. The topological polar surface area (TPSA) is 89.9 Å². The Hall–Kier alpha value is -2.54. The van der Waals surface area contributed by atoms with Gasteiger partial charge in [-0.1, -0.05) is 24.3 Å². The third-order valence-electron chi connectivity index (χ3n) is 4.10. The number of rotatable bonds is 6. The number of ether oxygens (including phenoxy) is 2. The van der Waals surface area contributed by atoms with Crippen molar-refractivity contribution in [3.05, 3.63) is 42.5 Å². The van der Waals surface area contributed by atoms with Crippen molar-refractivity contribution < 1.29 is 27.8 Å². The maximum absolute atomic E-state index is 12.3. The number of sulfone groups is 1. The fourth-order valence-electron chi connectivity index (χ4n) is 2.79. The van der Waals surface area contributed by atoms with E-state index in [2.05, 4.69) is 0 Å². The molecule has 1 heterocycles. The van der Waals surface area contributed by atoms with Gasteiger partial charge < -0.3 is 14.6 Å². The number of benzene rings is 2. The lowest BCUT2D eigenvalue weighted by Gasteiger charge is -2.13. The number of carboxylic acid groups (broad SMARTS) is 1. The summed E-state index contributed by atoms with van der Waals surface area (Å²) in [5.41, 5.74) is 1.68. The molecule has 2 aromatic rings. The summed E-state index contributed by atoms with van der Waals surface area (Å²) in [5, 5.41) is 8.64. The van der Waals surface area contributed by atoms with Gasteiger partial charge in [0, 0.05) is 18.4 Å². The first-order chi connectivity index (χ1) is 12.5. The van der Waals surface area contributed by atoms with Crippen LogP contribution in [0.15, 0.2) is 47.4 Å². The average molecular weight is 376 g/mol. The van der Waals surface area contributed by atoms with E-state index in [1.54, 1.807) is 24.3 Å². The molecule has 138 valence electrons. The van der Waals surface area contributed by atoms with Crippen molar-refractivity contribution >= 4 is 15.8 Å². The first kappa shape index (κ1) is 18.3. The first-order valence-electron chi connectivity index (χ1n) is 8.41. The highest BCUT2D eigenvalue weighted by Gasteiger charge is 2.18. The van der Waals surface area contributed by atoms with Gasteiger partial charge in [0.2, 0.25) is 0 Å². The Morgan fingerprint density at radius 2 is 1.77 bits per heavy atom. The number of carboxylic acids is 1. The highest BCUT2D eigenvalue weighted by molar-refractivity contribution is 7.91. The van der Waals surface area contributed by atoms with E-state index in [1.165, 1.54) is 0 Å². The Balaban J connectivity index is 1.83. The van der Waals surface area contributed by atoms with Crippen LogP contribution in [0.5, 0.6) is 11.5 Å². The summed E-state index contributed by atoms with van der Waals surface area (Å²) in [4.78, 5) is 10.7. The maximum Gasteiger partial charge on any atom is 0.303 e. The number of fused-ring (bicyclic) bond motifs is 1. The van der Waals surface area contributed by atoms with Crippen LogP contribution in [-0.2, 0) is 14.6 Å². The molecule has 3 rings (SSSR count). The van der Waals surface area contributed by atoms with Crippen molar-refractivity contribution in [2.24, 2.45) is 0 Å². The van der Waals surface area contributed by atoms with Crippen molar-refractivity contribution in [1.29, 1.82) is 0 Å². The number of aliphatic carboxylic acids is 1. The summed E-state index contributed by atoms with van der Waals surface area (Å²) < 4.78 is 36.1. The van der Waals surface area contributed by atoms with Crippen LogP contribution in [-0.4, -0.2) is 38.5 Å². The van der Waals surface area contributed by atoms with Gasteiger partial charge in [-0.3, -0.25) is 4.79 Å². The zero-order valence-corrected chi connectivity index (χ0v) is 15.0. The molecule has 0 saturated carbocycles. The van der Waals surface area contributed by atoms with E-state index in [0.717, 1.165) is 17.5 Å². The minimum absolute atomic E-state index is 0.0940. The van der Waals surface area contributed by atoms with Crippen LogP contribution in [0.2, 0.25) is 0 Å². The Kier molecular flexibility index (Phi) is 5.46. The van der Waals surface area contributed by atoms with Gasteiger partial charge in [0.15, 0.2) is 21.3 Å². The van der Waals surface area contributed by atoms with Gasteiger partial charge in [0.25, 0.3) is 0 Å². The Morgan fingerprint density at radius 1 is 1.04 bits per heavy atom. The molecule has 0 fully saturated rings. The molecular formula is C19H20O6S. The lowest BCUT2D eigenvalue weighted by atomic mass is 10.0. The van der Waals surface area contributed by atoms with Crippen LogP contribution >= 0.6 is 0 Å². The van der Waals surface area contributed by atoms with Gasteiger partial charge in [-0.25, -0.2) is 8.42 Å². The fourth-order valence-corrected chi connectivity index (χ4v) is 4.10. The summed E-state index contributed by atoms with van der Waals surface area (Å²) in [7, 11) is -3.50. The average Bonchev–Trinajstić information content (AvgIpc) is 2.86. The molecule has 2 aromatic carbocycles. The minimum atomic E-state index is -3.50. The zero-order valence-electron chi connectivity index (χ0n) is 14.2.